The lowest BCUT2D eigenvalue weighted by Crippen LogP contribution is -2.36. The Balaban J connectivity index is 1.86. The molecule has 0 fully saturated rings. The number of aromatic nitrogens is 1. The molecule has 0 saturated carbocycles. The second-order valence-electron chi connectivity index (χ2n) is 4.83. The van der Waals surface area contributed by atoms with E-state index in [0.29, 0.717) is 24.5 Å². The lowest BCUT2D eigenvalue weighted by Gasteiger charge is -2.29. The van der Waals surface area contributed by atoms with Gasteiger partial charge in [-0.1, -0.05) is 0 Å². The maximum absolute atomic E-state index is 12.4. The average Bonchev–Trinajstić information content (AvgIpc) is 3.06. The Morgan fingerprint density at radius 1 is 1.24 bits per heavy atom. The molecule has 1 aromatic carbocycles. The molecule has 5 nitrogen and oxygen atoms in total. The van der Waals surface area contributed by atoms with Crippen molar-refractivity contribution in [3.05, 3.63) is 39.8 Å². The van der Waals surface area contributed by atoms with Gasteiger partial charge >= 0.3 is 0 Å². The molecule has 1 aliphatic heterocycles. The van der Waals surface area contributed by atoms with Gasteiger partial charge in [-0.25, -0.2) is 4.98 Å². The number of amides is 1. The van der Waals surface area contributed by atoms with Crippen LogP contribution >= 0.6 is 11.3 Å². The second kappa shape index (κ2) is 5.73. The monoisotopic (exact) mass is 304 g/mol. The zero-order valence-corrected chi connectivity index (χ0v) is 12.8. The minimum atomic E-state index is -0.0170. The normalized spacial score (nSPS) is 13.7. The van der Waals surface area contributed by atoms with Crippen LogP contribution in [-0.2, 0) is 13.0 Å². The molecule has 0 bridgehead atoms. The molecule has 0 radical (unpaired) electrons. The number of fused-ring (bicyclic) bond motifs is 1. The largest absolute Gasteiger partial charge is 0.493 e. The molecule has 1 aromatic heterocycles. The highest BCUT2D eigenvalue weighted by Gasteiger charge is 2.24. The summed E-state index contributed by atoms with van der Waals surface area (Å²) in [7, 11) is 3.25. The van der Waals surface area contributed by atoms with Gasteiger partial charge in [0.05, 0.1) is 19.7 Å². The first kappa shape index (κ1) is 13.9. The van der Waals surface area contributed by atoms with Crippen LogP contribution in [0.1, 0.15) is 21.6 Å². The van der Waals surface area contributed by atoms with E-state index in [1.165, 1.54) is 16.9 Å². The van der Waals surface area contributed by atoms with Crippen molar-refractivity contribution in [1.82, 2.24) is 9.88 Å². The zero-order valence-electron chi connectivity index (χ0n) is 12.0. The van der Waals surface area contributed by atoms with Gasteiger partial charge in [-0.05, 0) is 29.7 Å². The Bertz CT molecular complexity index is 655. The molecule has 1 amide bonds. The Labute approximate surface area is 127 Å². The van der Waals surface area contributed by atoms with Crippen molar-refractivity contribution >= 4 is 17.2 Å². The number of hydrogen-bond acceptors (Lipinski definition) is 5. The highest BCUT2D eigenvalue weighted by molar-refractivity contribution is 7.07. The predicted molar refractivity (Wildman–Crippen MR) is 80.1 cm³/mol. The van der Waals surface area contributed by atoms with Crippen LogP contribution in [0.4, 0.5) is 0 Å². The van der Waals surface area contributed by atoms with Crippen molar-refractivity contribution in [1.29, 1.82) is 0 Å². The SMILES string of the molecule is COc1cc2c(cc1OC)CN(C(=O)c1cscn1)CC2. The fourth-order valence-electron chi connectivity index (χ4n) is 2.54. The van der Waals surface area contributed by atoms with Crippen LogP contribution in [0.15, 0.2) is 23.0 Å². The molecule has 1 aliphatic rings. The van der Waals surface area contributed by atoms with Crippen LogP contribution in [0, 0.1) is 0 Å². The van der Waals surface area contributed by atoms with Crippen LogP contribution in [0.25, 0.3) is 0 Å². The van der Waals surface area contributed by atoms with E-state index in [9.17, 15) is 4.79 Å². The fraction of sp³-hybridized carbons (Fsp3) is 0.333. The van der Waals surface area contributed by atoms with Crippen molar-refractivity contribution in [2.24, 2.45) is 0 Å². The van der Waals surface area contributed by atoms with Gasteiger partial charge in [0, 0.05) is 18.5 Å². The van der Waals surface area contributed by atoms with Gasteiger partial charge in [0.25, 0.3) is 5.91 Å². The molecule has 0 unspecified atom stereocenters. The van der Waals surface area contributed by atoms with Crippen molar-refractivity contribution in [2.75, 3.05) is 20.8 Å². The van der Waals surface area contributed by atoms with Gasteiger partial charge in [0.15, 0.2) is 11.5 Å². The van der Waals surface area contributed by atoms with Gasteiger partial charge in [-0.15, -0.1) is 11.3 Å². The van der Waals surface area contributed by atoms with Crippen molar-refractivity contribution < 1.29 is 14.3 Å². The quantitative estimate of drug-likeness (QED) is 0.873. The average molecular weight is 304 g/mol. The fourth-order valence-corrected chi connectivity index (χ4v) is 3.06. The van der Waals surface area contributed by atoms with Crippen molar-refractivity contribution in [3.8, 4) is 11.5 Å². The topological polar surface area (TPSA) is 51.7 Å². The number of methoxy groups -OCH3 is 2. The van der Waals surface area contributed by atoms with E-state index < -0.39 is 0 Å². The molecule has 110 valence electrons. The number of carbonyl (C=O) groups excluding carboxylic acids is 1. The summed E-state index contributed by atoms with van der Waals surface area (Å²) in [5, 5.41) is 1.78. The molecule has 0 saturated heterocycles. The van der Waals surface area contributed by atoms with E-state index in [4.69, 9.17) is 9.47 Å². The maximum atomic E-state index is 12.4. The minimum Gasteiger partial charge on any atom is -0.493 e. The Morgan fingerprint density at radius 2 is 1.95 bits per heavy atom. The number of hydrogen-bond donors (Lipinski definition) is 0. The standard InChI is InChI=1S/C15H16N2O3S/c1-19-13-5-10-3-4-17(7-11(10)6-14(13)20-2)15(18)12-8-21-9-16-12/h5-6,8-9H,3-4,7H2,1-2H3. The van der Waals surface area contributed by atoms with Gasteiger partial charge in [0.2, 0.25) is 0 Å². The summed E-state index contributed by atoms with van der Waals surface area (Å²) in [6.07, 6.45) is 0.811. The summed E-state index contributed by atoms with van der Waals surface area (Å²) in [4.78, 5) is 18.3. The first-order chi connectivity index (χ1) is 10.2. The van der Waals surface area contributed by atoms with Crippen molar-refractivity contribution in [2.45, 2.75) is 13.0 Å². The van der Waals surface area contributed by atoms with Gasteiger partial charge in [-0.3, -0.25) is 4.79 Å². The third kappa shape index (κ3) is 2.58. The second-order valence-corrected chi connectivity index (χ2v) is 5.54. The summed E-state index contributed by atoms with van der Waals surface area (Å²) >= 11 is 1.43. The summed E-state index contributed by atoms with van der Waals surface area (Å²) in [5.74, 6) is 1.41. The van der Waals surface area contributed by atoms with Crippen molar-refractivity contribution in [3.63, 3.8) is 0 Å². The minimum absolute atomic E-state index is 0.0170. The summed E-state index contributed by atoms with van der Waals surface area (Å²) in [6, 6.07) is 3.95. The molecule has 2 heterocycles. The van der Waals surface area contributed by atoms with E-state index in [1.807, 2.05) is 17.0 Å². The lowest BCUT2D eigenvalue weighted by molar-refractivity contribution is 0.0729. The van der Waals surface area contributed by atoms with Crippen LogP contribution in [0.3, 0.4) is 0 Å². The molecule has 3 rings (SSSR count). The summed E-state index contributed by atoms with van der Waals surface area (Å²) in [5.41, 5.74) is 4.50. The highest BCUT2D eigenvalue weighted by Crippen LogP contribution is 2.33. The number of nitrogens with zero attached hydrogens (tertiary/aromatic N) is 2. The van der Waals surface area contributed by atoms with E-state index in [2.05, 4.69) is 4.98 Å². The molecule has 0 atom stereocenters. The molecule has 0 spiro atoms. The molecule has 0 N–H and O–H groups in total. The highest BCUT2D eigenvalue weighted by atomic mass is 32.1. The van der Waals surface area contributed by atoms with Crippen LogP contribution in [-0.4, -0.2) is 36.6 Å². The molecule has 6 heteroatoms. The Morgan fingerprint density at radius 3 is 2.57 bits per heavy atom. The van der Waals surface area contributed by atoms with Crippen LogP contribution < -0.4 is 9.47 Å². The summed E-state index contributed by atoms with van der Waals surface area (Å²) in [6.45, 7) is 1.27. The zero-order chi connectivity index (χ0) is 14.8. The molecule has 2 aromatic rings. The summed E-state index contributed by atoms with van der Waals surface area (Å²) < 4.78 is 10.7. The number of carbonyl (C=O) groups is 1. The van der Waals surface area contributed by atoms with E-state index in [-0.39, 0.29) is 5.91 Å². The predicted octanol–water partition coefficient (Wildman–Crippen LogP) is 2.36. The van der Waals surface area contributed by atoms with E-state index in [1.54, 1.807) is 25.1 Å². The van der Waals surface area contributed by atoms with Gasteiger partial charge in [0.1, 0.15) is 5.69 Å². The number of benzene rings is 1. The van der Waals surface area contributed by atoms with E-state index in [0.717, 1.165) is 17.7 Å². The third-order valence-electron chi connectivity index (χ3n) is 3.66. The maximum Gasteiger partial charge on any atom is 0.273 e. The molecular formula is C15H16N2O3S. The Hall–Kier alpha value is -2.08. The smallest absolute Gasteiger partial charge is 0.273 e. The number of thiazole rings is 1. The first-order valence-corrected chi connectivity index (χ1v) is 7.58. The molecular weight excluding hydrogens is 288 g/mol. The third-order valence-corrected chi connectivity index (χ3v) is 4.24. The lowest BCUT2D eigenvalue weighted by atomic mass is 9.98. The number of ether oxygens (including phenoxy) is 2. The molecule has 21 heavy (non-hydrogen) atoms. The van der Waals surface area contributed by atoms with Crippen LogP contribution in [0.5, 0.6) is 11.5 Å². The Kier molecular flexibility index (Phi) is 3.79. The number of rotatable bonds is 3. The van der Waals surface area contributed by atoms with Gasteiger partial charge < -0.3 is 14.4 Å². The van der Waals surface area contributed by atoms with E-state index >= 15 is 0 Å². The van der Waals surface area contributed by atoms with Gasteiger partial charge in [-0.2, -0.15) is 0 Å². The van der Waals surface area contributed by atoms with Crippen LogP contribution in [0.2, 0.25) is 0 Å². The first-order valence-electron chi connectivity index (χ1n) is 6.64. The molecule has 0 aliphatic carbocycles.